The van der Waals surface area contributed by atoms with Gasteiger partial charge in [0.1, 0.15) is 0 Å². The molecule has 0 saturated carbocycles. The van der Waals surface area contributed by atoms with Crippen molar-refractivity contribution in [2.24, 2.45) is 0 Å². The van der Waals surface area contributed by atoms with Crippen LogP contribution in [0.5, 0.6) is 0 Å². The molecule has 0 spiro atoms. The molecule has 1 N–H and O–H groups in total. The highest BCUT2D eigenvalue weighted by Crippen LogP contribution is 2.23. The summed E-state index contributed by atoms with van der Waals surface area (Å²) in [7, 11) is 2.15. The van der Waals surface area contributed by atoms with Gasteiger partial charge in [-0.2, -0.15) is 0 Å². The number of hydrogen-bond acceptors (Lipinski definition) is 2. The maximum Gasteiger partial charge on any atom is 0.0540 e. The summed E-state index contributed by atoms with van der Waals surface area (Å²) in [6.07, 6.45) is 10.7. The van der Waals surface area contributed by atoms with E-state index in [1.807, 2.05) is 6.08 Å². The van der Waals surface area contributed by atoms with Gasteiger partial charge in [0.05, 0.1) is 6.04 Å². The highest BCUT2D eigenvalue weighted by molar-refractivity contribution is 5.45. The molecular weight excluding hydrogens is 160 g/mol. The van der Waals surface area contributed by atoms with Crippen molar-refractivity contribution in [1.29, 1.82) is 0 Å². The first kappa shape index (κ1) is 8.40. The standard InChI is InChI=1S/C11H14N2/c1-3-9-5-4-6-10-11(9)12-7-8-13(10)2/h1,4-5,10,12H,6-8H2,2H3. The van der Waals surface area contributed by atoms with Crippen LogP contribution in [0, 0.1) is 12.3 Å². The van der Waals surface area contributed by atoms with Crippen LogP contribution in [0.25, 0.3) is 0 Å². The van der Waals surface area contributed by atoms with E-state index in [0.717, 1.165) is 25.1 Å². The molecule has 1 heterocycles. The smallest absolute Gasteiger partial charge is 0.0540 e. The molecule has 2 nitrogen and oxygen atoms in total. The van der Waals surface area contributed by atoms with Gasteiger partial charge in [-0.3, -0.25) is 4.90 Å². The van der Waals surface area contributed by atoms with Gasteiger partial charge in [0, 0.05) is 24.4 Å². The van der Waals surface area contributed by atoms with E-state index in [0.29, 0.717) is 6.04 Å². The van der Waals surface area contributed by atoms with E-state index >= 15 is 0 Å². The Hall–Kier alpha value is -1.20. The van der Waals surface area contributed by atoms with Gasteiger partial charge in [-0.25, -0.2) is 0 Å². The van der Waals surface area contributed by atoms with Crippen molar-refractivity contribution >= 4 is 0 Å². The molecule has 0 aromatic rings. The second-order valence-corrected chi connectivity index (χ2v) is 3.53. The van der Waals surface area contributed by atoms with Crippen LogP contribution in [0.1, 0.15) is 6.42 Å². The van der Waals surface area contributed by atoms with Crippen molar-refractivity contribution in [3.8, 4) is 12.3 Å². The normalized spacial score (nSPS) is 27.8. The third kappa shape index (κ3) is 1.36. The van der Waals surface area contributed by atoms with Gasteiger partial charge in [0.2, 0.25) is 0 Å². The molecule has 1 aliphatic heterocycles. The van der Waals surface area contributed by atoms with Gasteiger partial charge >= 0.3 is 0 Å². The first-order chi connectivity index (χ1) is 6.33. The highest BCUT2D eigenvalue weighted by atomic mass is 15.2. The number of hydrogen-bond donors (Lipinski definition) is 1. The topological polar surface area (TPSA) is 15.3 Å². The van der Waals surface area contributed by atoms with Crippen molar-refractivity contribution in [1.82, 2.24) is 10.2 Å². The second kappa shape index (κ2) is 3.27. The van der Waals surface area contributed by atoms with Gasteiger partial charge in [0.25, 0.3) is 0 Å². The quantitative estimate of drug-likeness (QED) is 0.545. The third-order valence-electron chi connectivity index (χ3n) is 2.73. The Morgan fingerprint density at radius 3 is 3.31 bits per heavy atom. The maximum atomic E-state index is 5.44. The summed E-state index contributed by atoms with van der Waals surface area (Å²) in [5.74, 6) is 2.73. The molecule has 0 amide bonds. The number of terminal acetylenes is 1. The fourth-order valence-electron chi connectivity index (χ4n) is 1.96. The number of nitrogens with one attached hydrogen (secondary N) is 1. The minimum absolute atomic E-state index is 0.477. The zero-order chi connectivity index (χ0) is 9.26. The summed E-state index contributed by atoms with van der Waals surface area (Å²) in [6, 6.07) is 0.477. The van der Waals surface area contributed by atoms with Crippen molar-refractivity contribution in [2.75, 3.05) is 20.1 Å². The number of allylic oxidation sites excluding steroid dienone is 2. The minimum atomic E-state index is 0.477. The predicted molar refractivity (Wildman–Crippen MR) is 54.0 cm³/mol. The SMILES string of the molecule is C#CC1=C2NCCN(C)C2CC=C1. The van der Waals surface area contributed by atoms with E-state index in [1.165, 1.54) is 5.70 Å². The van der Waals surface area contributed by atoms with E-state index in [9.17, 15) is 0 Å². The Kier molecular flexibility index (Phi) is 2.12. The Morgan fingerprint density at radius 2 is 2.54 bits per heavy atom. The lowest BCUT2D eigenvalue weighted by Gasteiger charge is -2.37. The lowest BCUT2D eigenvalue weighted by Crippen LogP contribution is -2.48. The van der Waals surface area contributed by atoms with Gasteiger partial charge in [-0.1, -0.05) is 12.0 Å². The van der Waals surface area contributed by atoms with Crippen LogP contribution in [-0.2, 0) is 0 Å². The molecule has 2 aliphatic rings. The first-order valence-corrected chi connectivity index (χ1v) is 4.64. The van der Waals surface area contributed by atoms with Crippen molar-refractivity contribution in [2.45, 2.75) is 12.5 Å². The summed E-state index contributed by atoms with van der Waals surface area (Å²) >= 11 is 0. The summed E-state index contributed by atoms with van der Waals surface area (Å²) < 4.78 is 0. The Bertz CT molecular complexity index is 307. The van der Waals surface area contributed by atoms with Crippen LogP contribution < -0.4 is 5.32 Å². The molecule has 0 aromatic heterocycles. The van der Waals surface area contributed by atoms with Gasteiger partial charge in [-0.05, 0) is 19.5 Å². The largest absolute Gasteiger partial charge is 0.385 e. The van der Waals surface area contributed by atoms with Crippen molar-refractivity contribution in [3.63, 3.8) is 0 Å². The molecule has 0 radical (unpaired) electrons. The number of nitrogens with zero attached hydrogens (tertiary/aromatic N) is 1. The Balaban J connectivity index is 2.34. The van der Waals surface area contributed by atoms with Gasteiger partial charge < -0.3 is 5.32 Å². The summed E-state index contributed by atoms with van der Waals surface area (Å²) in [4.78, 5) is 2.35. The second-order valence-electron chi connectivity index (χ2n) is 3.53. The number of likely N-dealkylation sites (N-methyl/N-ethyl adjacent to an activating group) is 1. The molecule has 1 aliphatic carbocycles. The Labute approximate surface area is 79.3 Å². The van der Waals surface area contributed by atoms with Gasteiger partial charge in [0.15, 0.2) is 0 Å². The van der Waals surface area contributed by atoms with Crippen molar-refractivity contribution in [3.05, 3.63) is 23.4 Å². The van der Waals surface area contributed by atoms with E-state index < -0.39 is 0 Å². The lowest BCUT2D eigenvalue weighted by atomic mass is 9.96. The fraction of sp³-hybridized carbons (Fsp3) is 0.455. The predicted octanol–water partition coefficient (Wildman–Crippen LogP) is 0.737. The van der Waals surface area contributed by atoms with Crippen LogP contribution in [0.2, 0.25) is 0 Å². The zero-order valence-corrected chi connectivity index (χ0v) is 7.88. The molecular formula is C11H14N2. The molecule has 13 heavy (non-hydrogen) atoms. The van der Waals surface area contributed by atoms with Crippen LogP contribution in [0.15, 0.2) is 23.4 Å². The molecule has 0 aromatic carbocycles. The van der Waals surface area contributed by atoms with E-state index in [1.54, 1.807) is 0 Å². The molecule has 2 heteroatoms. The van der Waals surface area contributed by atoms with E-state index in [-0.39, 0.29) is 0 Å². The number of fused-ring (bicyclic) bond motifs is 1. The van der Waals surface area contributed by atoms with Crippen LogP contribution in [0.4, 0.5) is 0 Å². The molecule has 1 fully saturated rings. The average molecular weight is 174 g/mol. The number of rotatable bonds is 0. The molecule has 0 bridgehead atoms. The van der Waals surface area contributed by atoms with Crippen molar-refractivity contribution < 1.29 is 0 Å². The fourth-order valence-corrected chi connectivity index (χ4v) is 1.96. The summed E-state index contributed by atoms with van der Waals surface area (Å²) in [5.41, 5.74) is 2.25. The first-order valence-electron chi connectivity index (χ1n) is 4.64. The summed E-state index contributed by atoms with van der Waals surface area (Å²) in [5, 5.41) is 3.40. The highest BCUT2D eigenvalue weighted by Gasteiger charge is 2.26. The number of piperazine rings is 1. The van der Waals surface area contributed by atoms with E-state index in [2.05, 4.69) is 29.3 Å². The molecule has 1 saturated heterocycles. The lowest BCUT2D eigenvalue weighted by molar-refractivity contribution is 0.233. The molecule has 1 atom stereocenters. The molecule has 2 rings (SSSR count). The monoisotopic (exact) mass is 174 g/mol. The van der Waals surface area contributed by atoms with Crippen LogP contribution in [0.3, 0.4) is 0 Å². The van der Waals surface area contributed by atoms with Crippen LogP contribution >= 0.6 is 0 Å². The minimum Gasteiger partial charge on any atom is -0.385 e. The average Bonchev–Trinajstić information content (AvgIpc) is 2.18. The zero-order valence-electron chi connectivity index (χ0n) is 7.88. The molecule has 68 valence electrons. The summed E-state index contributed by atoms with van der Waals surface area (Å²) in [6.45, 7) is 2.10. The molecule has 1 unspecified atom stereocenters. The third-order valence-corrected chi connectivity index (χ3v) is 2.73. The maximum absolute atomic E-state index is 5.44. The van der Waals surface area contributed by atoms with E-state index in [4.69, 9.17) is 6.42 Å². The van der Waals surface area contributed by atoms with Gasteiger partial charge in [-0.15, -0.1) is 6.42 Å². The Morgan fingerprint density at radius 1 is 1.69 bits per heavy atom. The van der Waals surface area contributed by atoms with Crippen LogP contribution in [-0.4, -0.2) is 31.1 Å².